The van der Waals surface area contributed by atoms with E-state index in [1.54, 1.807) is 18.2 Å². The van der Waals surface area contributed by atoms with Crippen LogP contribution in [0.1, 0.15) is 61.9 Å². The highest BCUT2D eigenvalue weighted by molar-refractivity contribution is 5.90. The number of hydrogen-bond donors (Lipinski definition) is 1. The molecule has 0 spiro atoms. The minimum absolute atomic E-state index is 0.0526. The first-order valence-electron chi connectivity index (χ1n) is 7.05. The van der Waals surface area contributed by atoms with Crippen molar-refractivity contribution in [2.75, 3.05) is 0 Å². The number of benzene rings is 1. The molecule has 0 aliphatic rings. The summed E-state index contributed by atoms with van der Waals surface area (Å²) in [7, 11) is 0. The summed E-state index contributed by atoms with van der Waals surface area (Å²) in [5.74, 6) is -0.455. The van der Waals surface area contributed by atoms with Crippen LogP contribution in [0.25, 0.3) is 0 Å². The summed E-state index contributed by atoms with van der Waals surface area (Å²) in [6, 6.07) is 5.20. The van der Waals surface area contributed by atoms with E-state index in [0.29, 0.717) is 5.75 Å². The van der Waals surface area contributed by atoms with Crippen LogP contribution in [-0.2, 0) is 0 Å². The molecule has 3 nitrogen and oxygen atoms in total. The molecule has 3 heteroatoms. The molecular formula is C16H24O3. The van der Waals surface area contributed by atoms with Gasteiger partial charge in [0.15, 0.2) is 0 Å². The molecule has 0 aliphatic carbocycles. The maximum absolute atomic E-state index is 11.1. The molecule has 106 valence electrons. The van der Waals surface area contributed by atoms with Crippen molar-refractivity contribution in [1.29, 1.82) is 0 Å². The van der Waals surface area contributed by atoms with Crippen molar-refractivity contribution in [3.63, 3.8) is 0 Å². The molecule has 1 rings (SSSR count). The molecule has 0 aliphatic heterocycles. The Hall–Kier alpha value is -1.51. The van der Waals surface area contributed by atoms with Gasteiger partial charge in [-0.3, -0.25) is 0 Å². The monoisotopic (exact) mass is 264 g/mol. The van der Waals surface area contributed by atoms with Gasteiger partial charge >= 0.3 is 5.97 Å². The Morgan fingerprint density at radius 2 is 2.05 bits per heavy atom. The number of aromatic carboxylic acids is 1. The van der Waals surface area contributed by atoms with Crippen LogP contribution in [0.2, 0.25) is 0 Å². The SMILES string of the molecule is CCCCCCC(C)Oc1cc(C)ccc1C(=O)O. The van der Waals surface area contributed by atoms with Crippen LogP contribution in [0.3, 0.4) is 0 Å². The summed E-state index contributed by atoms with van der Waals surface area (Å²) in [6.45, 7) is 6.12. The topological polar surface area (TPSA) is 46.5 Å². The number of unbranched alkanes of at least 4 members (excludes halogenated alkanes) is 3. The molecule has 0 bridgehead atoms. The molecule has 1 aromatic carbocycles. The molecule has 0 heterocycles. The van der Waals surface area contributed by atoms with E-state index in [2.05, 4.69) is 6.92 Å². The fraction of sp³-hybridized carbons (Fsp3) is 0.562. The van der Waals surface area contributed by atoms with Crippen molar-refractivity contribution in [2.24, 2.45) is 0 Å². The van der Waals surface area contributed by atoms with E-state index in [9.17, 15) is 4.79 Å². The minimum Gasteiger partial charge on any atom is -0.490 e. The van der Waals surface area contributed by atoms with E-state index in [4.69, 9.17) is 9.84 Å². The lowest BCUT2D eigenvalue weighted by Gasteiger charge is -2.16. The predicted molar refractivity (Wildman–Crippen MR) is 77.0 cm³/mol. The summed E-state index contributed by atoms with van der Waals surface area (Å²) in [6.07, 6.45) is 5.82. The van der Waals surface area contributed by atoms with Gasteiger partial charge in [-0.25, -0.2) is 4.79 Å². The van der Waals surface area contributed by atoms with Crippen LogP contribution >= 0.6 is 0 Å². The molecule has 1 unspecified atom stereocenters. The van der Waals surface area contributed by atoms with Gasteiger partial charge < -0.3 is 9.84 Å². The summed E-state index contributed by atoms with van der Waals surface area (Å²) >= 11 is 0. The average Bonchev–Trinajstić information content (AvgIpc) is 2.34. The van der Waals surface area contributed by atoms with E-state index in [1.165, 1.54) is 19.3 Å². The van der Waals surface area contributed by atoms with Gasteiger partial charge in [-0.2, -0.15) is 0 Å². The number of carbonyl (C=O) groups is 1. The standard InChI is InChI=1S/C16H24O3/c1-4-5-6-7-8-13(3)19-15-11-12(2)9-10-14(15)16(17)18/h9-11,13H,4-8H2,1-3H3,(H,17,18). The zero-order chi connectivity index (χ0) is 14.3. The molecule has 1 N–H and O–H groups in total. The van der Waals surface area contributed by atoms with Gasteiger partial charge in [0.25, 0.3) is 0 Å². The van der Waals surface area contributed by atoms with Crippen molar-refractivity contribution in [2.45, 2.75) is 59.0 Å². The highest BCUT2D eigenvalue weighted by Crippen LogP contribution is 2.23. The van der Waals surface area contributed by atoms with Gasteiger partial charge in [-0.15, -0.1) is 0 Å². The van der Waals surface area contributed by atoms with Crippen LogP contribution in [-0.4, -0.2) is 17.2 Å². The first-order valence-corrected chi connectivity index (χ1v) is 7.05. The first-order chi connectivity index (χ1) is 9.04. The quantitative estimate of drug-likeness (QED) is 0.706. The summed E-state index contributed by atoms with van der Waals surface area (Å²) in [4.78, 5) is 11.1. The maximum atomic E-state index is 11.1. The van der Waals surface area contributed by atoms with Gasteiger partial charge in [0.2, 0.25) is 0 Å². The molecule has 0 amide bonds. The second kappa shape index (κ2) is 7.82. The molecule has 0 aromatic heterocycles. The Bertz CT molecular complexity index is 412. The van der Waals surface area contributed by atoms with E-state index < -0.39 is 5.97 Å². The second-order valence-electron chi connectivity index (χ2n) is 5.08. The van der Waals surface area contributed by atoms with Gasteiger partial charge in [0, 0.05) is 0 Å². The predicted octanol–water partition coefficient (Wildman–Crippen LogP) is 4.43. The molecule has 19 heavy (non-hydrogen) atoms. The number of rotatable bonds is 8. The van der Waals surface area contributed by atoms with Crippen molar-refractivity contribution in [1.82, 2.24) is 0 Å². The van der Waals surface area contributed by atoms with E-state index in [-0.39, 0.29) is 11.7 Å². The Morgan fingerprint density at radius 1 is 1.32 bits per heavy atom. The summed E-state index contributed by atoms with van der Waals surface area (Å²) < 4.78 is 5.79. The summed E-state index contributed by atoms with van der Waals surface area (Å²) in [5.41, 5.74) is 1.25. The van der Waals surface area contributed by atoms with Gasteiger partial charge in [0.1, 0.15) is 11.3 Å². The maximum Gasteiger partial charge on any atom is 0.339 e. The van der Waals surface area contributed by atoms with Crippen LogP contribution in [0.5, 0.6) is 5.75 Å². The lowest BCUT2D eigenvalue weighted by molar-refractivity contribution is 0.0689. The molecule has 0 fully saturated rings. The van der Waals surface area contributed by atoms with E-state index in [1.807, 2.05) is 13.8 Å². The zero-order valence-electron chi connectivity index (χ0n) is 12.1. The van der Waals surface area contributed by atoms with Crippen molar-refractivity contribution >= 4 is 5.97 Å². The average molecular weight is 264 g/mol. The molecule has 0 saturated heterocycles. The second-order valence-corrected chi connectivity index (χ2v) is 5.08. The zero-order valence-corrected chi connectivity index (χ0v) is 12.1. The van der Waals surface area contributed by atoms with E-state index in [0.717, 1.165) is 18.4 Å². The number of carboxylic acid groups (broad SMARTS) is 1. The van der Waals surface area contributed by atoms with Crippen molar-refractivity contribution < 1.29 is 14.6 Å². The highest BCUT2D eigenvalue weighted by atomic mass is 16.5. The molecule has 0 saturated carbocycles. The third kappa shape index (κ3) is 5.33. The van der Waals surface area contributed by atoms with Gasteiger partial charge in [-0.1, -0.05) is 32.3 Å². The number of ether oxygens (including phenoxy) is 1. The van der Waals surface area contributed by atoms with Crippen LogP contribution < -0.4 is 4.74 Å². The molecule has 0 radical (unpaired) electrons. The minimum atomic E-state index is -0.937. The number of hydrogen-bond acceptors (Lipinski definition) is 2. The Kier molecular flexibility index (Phi) is 6.40. The Labute approximate surface area is 115 Å². The molecule has 1 aromatic rings. The molecule has 1 atom stereocenters. The van der Waals surface area contributed by atoms with Gasteiger partial charge in [-0.05, 0) is 44.4 Å². The lowest BCUT2D eigenvalue weighted by Crippen LogP contribution is -2.14. The normalized spacial score (nSPS) is 12.2. The molecular weight excluding hydrogens is 240 g/mol. The van der Waals surface area contributed by atoms with Crippen molar-refractivity contribution in [3.8, 4) is 5.75 Å². The fourth-order valence-corrected chi connectivity index (χ4v) is 2.04. The fourth-order valence-electron chi connectivity index (χ4n) is 2.04. The first kappa shape index (κ1) is 15.5. The largest absolute Gasteiger partial charge is 0.490 e. The van der Waals surface area contributed by atoms with Crippen LogP contribution in [0.15, 0.2) is 18.2 Å². The summed E-state index contributed by atoms with van der Waals surface area (Å²) in [5, 5.41) is 9.14. The third-order valence-corrected chi connectivity index (χ3v) is 3.16. The number of carboxylic acids is 1. The van der Waals surface area contributed by atoms with Crippen LogP contribution in [0, 0.1) is 6.92 Å². The third-order valence-electron chi connectivity index (χ3n) is 3.16. The van der Waals surface area contributed by atoms with Crippen molar-refractivity contribution in [3.05, 3.63) is 29.3 Å². The van der Waals surface area contributed by atoms with E-state index >= 15 is 0 Å². The van der Waals surface area contributed by atoms with Crippen LogP contribution in [0.4, 0.5) is 0 Å². The number of aryl methyl sites for hydroxylation is 1. The Balaban J connectivity index is 2.60. The lowest BCUT2D eigenvalue weighted by atomic mass is 10.1. The highest BCUT2D eigenvalue weighted by Gasteiger charge is 2.13. The Morgan fingerprint density at radius 3 is 2.68 bits per heavy atom. The smallest absolute Gasteiger partial charge is 0.339 e. The van der Waals surface area contributed by atoms with Gasteiger partial charge in [0.05, 0.1) is 6.10 Å².